The minimum atomic E-state index is -0.841. The average molecular weight is 1280 g/mol. The highest BCUT2D eigenvalue weighted by molar-refractivity contribution is 5.76. The number of aliphatic hydroxyl groups excluding tert-OH is 2. The topological polar surface area (TPSA) is 95.9 Å². The lowest BCUT2D eigenvalue weighted by atomic mass is 10.0. The maximum atomic E-state index is 12.6. The second-order valence-corrected chi connectivity index (χ2v) is 29.2. The summed E-state index contributed by atoms with van der Waals surface area (Å²) in [7, 11) is 0. The lowest BCUT2D eigenvalue weighted by molar-refractivity contribution is -0.143. The van der Waals surface area contributed by atoms with Gasteiger partial charge in [0.25, 0.3) is 0 Å². The zero-order valence-corrected chi connectivity index (χ0v) is 62.1. The molecule has 0 aromatic carbocycles. The fourth-order valence-corrected chi connectivity index (χ4v) is 13.6. The van der Waals surface area contributed by atoms with Gasteiger partial charge in [0.05, 0.1) is 25.4 Å². The van der Waals surface area contributed by atoms with Crippen molar-refractivity contribution in [3.05, 3.63) is 24.3 Å². The van der Waals surface area contributed by atoms with Crippen molar-refractivity contribution < 1.29 is 24.5 Å². The minimum absolute atomic E-state index is 0.0168. The smallest absolute Gasteiger partial charge is 0.305 e. The average Bonchev–Trinajstić information content (AvgIpc) is 3.66. The molecular formula is C85H165NO5. The van der Waals surface area contributed by atoms with Gasteiger partial charge in [0.2, 0.25) is 5.91 Å². The summed E-state index contributed by atoms with van der Waals surface area (Å²) in [6.07, 6.45) is 105. The van der Waals surface area contributed by atoms with Crippen LogP contribution < -0.4 is 5.32 Å². The van der Waals surface area contributed by atoms with Crippen molar-refractivity contribution in [2.45, 2.75) is 495 Å². The number of carbonyl (C=O) groups is 2. The second-order valence-electron chi connectivity index (χ2n) is 29.2. The predicted molar refractivity (Wildman–Crippen MR) is 403 cm³/mol. The first-order valence-electron chi connectivity index (χ1n) is 42.1. The van der Waals surface area contributed by atoms with Crippen molar-refractivity contribution in [3.8, 4) is 0 Å². The van der Waals surface area contributed by atoms with Gasteiger partial charge in [0.15, 0.2) is 0 Å². The van der Waals surface area contributed by atoms with E-state index in [4.69, 9.17) is 4.74 Å². The Bertz CT molecular complexity index is 1430. The third-order valence-electron chi connectivity index (χ3n) is 20.0. The maximum absolute atomic E-state index is 12.6. The molecule has 540 valence electrons. The number of esters is 1. The summed E-state index contributed by atoms with van der Waals surface area (Å²) >= 11 is 0. The summed E-state index contributed by atoms with van der Waals surface area (Å²) < 4.78 is 5.51. The van der Waals surface area contributed by atoms with Gasteiger partial charge in [-0.1, -0.05) is 436 Å². The Morgan fingerprint density at radius 1 is 0.297 bits per heavy atom. The molecule has 0 fully saturated rings. The minimum Gasteiger partial charge on any atom is -0.466 e. The van der Waals surface area contributed by atoms with Gasteiger partial charge in [-0.05, 0) is 57.8 Å². The summed E-state index contributed by atoms with van der Waals surface area (Å²) in [5.74, 6) is -0.0403. The summed E-state index contributed by atoms with van der Waals surface area (Å²) in [6, 6.07) is -0.624. The van der Waals surface area contributed by atoms with E-state index in [0.717, 1.165) is 44.9 Å². The van der Waals surface area contributed by atoms with Crippen LogP contribution in [0, 0.1) is 0 Å². The monoisotopic (exact) mass is 1280 g/mol. The van der Waals surface area contributed by atoms with Crippen LogP contribution >= 0.6 is 0 Å². The molecule has 0 aliphatic rings. The van der Waals surface area contributed by atoms with Gasteiger partial charge in [-0.15, -0.1) is 0 Å². The van der Waals surface area contributed by atoms with E-state index in [-0.39, 0.29) is 18.5 Å². The third-order valence-corrected chi connectivity index (χ3v) is 20.0. The Labute approximate surface area is 571 Å². The Kier molecular flexibility index (Phi) is 79.3. The van der Waals surface area contributed by atoms with Crippen LogP contribution in [0.5, 0.6) is 0 Å². The number of carbonyl (C=O) groups excluding carboxylic acids is 2. The van der Waals surface area contributed by atoms with Crippen LogP contribution in [0.4, 0.5) is 0 Å². The van der Waals surface area contributed by atoms with Gasteiger partial charge in [0.1, 0.15) is 0 Å². The van der Waals surface area contributed by atoms with Crippen LogP contribution in [-0.4, -0.2) is 47.4 Å². The maximum Gasteiger partial charge on any atom is 0.305 e. The van der Waals surface area contributed by atoms with Gasteiger partial charge in [-0.2, -0.15) is 0 Å². The molecule has 0 aromatic heterocycles. The van der Waals surface area contributed by atoms with Crippen LogP contribution in [0.2, 0.25) is 0 Å². The molecule has 1 amide bonds. The van der Waals surface area contributed by atoms with E-state index in [2.05, 4.69) is 31.3 Å². The molecule has 2 atom stereocenters. The van der Waals surface area contributed by atoms with E-state index in [9.17, 15) is 19.8 Å². The Balaban J connectivity index is 3.32. The summed E-state index contributed by atoms with van der Waals surface area (Å²) in [6.45, 7) is 4.96. The highest BCUT2D eigenvalue weighted by Gasteiger charge is 2.18. The Hall–Kier alpha value is -1.66. The first kappa shape index (κ1) is 89.3. The molecule has 0 heterocycles. The molecule has 6 nitrogen and oxygen atoms in total. The van der Waals surface area contributed by atoms with E-state index in [0.29, 0.717) is 19.4 Å². The van der Waals surface area contributed by atoms with Crippen molar-refractivity contribution in [2.24, 2.45) is 0 Å². The normalized spacial score (nSPS) is 12.5. The predicted octanol–water partition coefficient (Wildman–Crippen LogP) is 28.0. The number of hydrogen-bond acceptors (Lipinski definition) is 5. The van der Waals surface area contributed by atoms with Gasteiger partial charge in [-0.25, -0.2) is 0 Å². The Morgan fingerprint density at radius 2 is 0.516 bits per heavy atom. The fourth-order valence-electron chi connectivity index (χ4n) is 13.6. The van der Waals surface area contributed by atoms with Crippen molar-refractivity contribution in [1.29, 1.82) is 0 Å². The molecule has 0 saturated heterocycles. The molecule has 0 aliphatic carbocycles. The molecule has 0 saturated carbocycles. The van der Waals surface area contributed by atoms with Crippen molar-refractivity contribution in [2.75, 3.05) is 13.2 Å². The summed E-state index contributed by atoms with van der Waals surface area (Å²) in [4.78, 5) is 24.7. The first-order chi connectivity index (χ1) is 45.0. The number of rotatable bonds is 80. The van der Waals surface area contributed by atoms with Gasteiger partial charge < -0.3 is 20.3 Å². The standard InChI is InChI=1S/C85H165NO5/c1-3-5-7-9-11-13-15-17-19-21-22-40-43-46-49-53-57-61-65-69-73-77-83(88)82(81-87)86-84(89)78-74-70-66-62-58-54-50-47-44-41-38-36-34-32-30-28-26-24-23-25-27-29-31-33-35-37-39-42-45-48-52-56-60-64-68-72-76-80-91-85(90)79-75-71-67-63-59-55-51-20-18-16-14-12-10-8-6-4-2/h20,51,73,77,82-83,87-88H,3-19,21-50,52-72,74-76,78-81H2,1-2H3,(H,86,89)/b51-20-,77-73+. The van der Waals surface area contributed by atoms with Crippen LogP contribution in [0.1, 0.15) is 483 Å². The lowest BCUT2D eigenvalue weighted by Crippen LogP contribution is -2.45. The van der Waals surface area contributed by atoms with E-state index in [1.165, 1.54) is 411 Å². The van der Waals surface area contributed by atoms with Gasteiger partial charge in [-0.3, -0.25) is 9.59 Å². The number of allylic oxidation sites excluding steroid dienone is 3. The quantitative estimate of drug-likeness (QED) is 0.0320. The molecule has 0 radical (unpaired) electrons. The van der Waals surface area contributed by atoms with Crippen LogP contribution in [0.25, 0.3) is 0 Å². The molecule has 0 rings (SSSR count). The molecular weight excluding hydrogens is 1110 g/mol. The largest absolute Gasteiger partial charge is 0.466 e. The molecule has 0 aromatic rings. The Morgan fingerprint density at radius 3 is 0.780 bits per heavy atom. The molecule has 2 unspecified atom stereocenters. The zero-order chi connectivity index (χ0) is 65.6. The van der Waals surface area contributed by atoms with Crippen LogP contribution in [0.3, 0.4) is 0 Å². The second kappa shape index (κ2) is 80.8. The summed E-state index contributed by atoms with van der Waals surface area (Å²) in [5, 5.41) is 23.3. The van der Waals surface area contributed by atoms with Gasteiger partial charge in [0, 0.05) is 12.8 Å². The lowest BCUT2D eigenvalue weighted by Gasteiger charge is -2.20. The van der Waals surface area contributed by atoms with Crippen molar-refractivity contribution in [3.63, 3.8) is 0 Å². The summed E-state index contributed by atoms with van der Waals surface area (Å²) in [5.41, 5.74) is 0. The molecule has 6 heteroatoms. The third kappa shape index (κ3) is 77.2. The zero-order valence-electron chi connectivity index (χ0n) is 62.1. The number of aliphatic hydroxyl groups is 2. The number of hydrogen-bond donors (Lipinski definition) is 3. The molecule has 0 spiro atoms. The number of unbranched alkanes of at least 4 members (excludes halogenated alkanes) is 67. The van der Waals surface area contributed by atoms with Crippen LogP contribution in [0.15, 0.2) is 24.3 Å². The number of nitrogens with one attached hydrogen (secondary N) is 1. The number of ether oxygens (including phenoxy) is 1. The fraction of sp³-hybridized carbons (Fsp3) is 0.929. The molecule has 0 aliphatic heterocycles. The highest BCUT2D eigenvalue weighted by atomic mass is 16.5. The van der Waals surface area contributed by atoms with E-state index < -0.39 is 12.1 Å². The van der Waals surface area contributed by atoms with Crippen molar-refractivity contribution in [1.82, 2.24) is 5.32 Å². The first-order valence-corrected chi connectivity index (χ1v) is 42.1. The molecule has 3 N–H and O–H groups in total. The molecule has 91 heavy (non-hydrogen) atoms. The molecule has 0 bridgehead atoms. The van der Waals surface area contributed by atoms with Crippen molar-refractivity contribution >= 4 is 11.9 Å². The van der Waals surface area contributed by atoms with E-state index in [1.807, 2.05) is 6.08 Å². The van der Waals surface area contributed by atoms with E-state index in [1.54, 1.807) is 6.08 Å². The SMILES string of the molecule is CCCCCCCCC/C=C\CCCCCCCC(=O)OCCCCCCCCCCCCCCCCCCCCCCCCCCCCCCCCCCCCCCCC(=O)NC(CO)C(O)/C=C/CCCCCCCCCCCCCCCCCCCCC. The van der Waals surface area contributed by atoms with Gasteiger partial charge >= 0.3 is 5.97 Å². The van der Waals surface area contributed by atoms with E-state index >= 15 is 0 Å². The highest BCUT2D eigenvalue weighted by Crippen LogP contribution is 2.21. The number of amides is 1. The van der Waals surface area contributed by atoms with Crippen LogP contribution in [-0.2, 0) is 14.3 Å².